The van der Waals surface area contributed by atoms with Crippen molar-refractivity contribution >= 4 is 17.7 Å². The van der Waals surface area contributed by atoms with Gasteiger partial charge in [0.1, 0.15) is 24.0 Å². The van der Waals surface area contributed by atoms with Gasteiger partial charge in [0, 0.05) is 12.0 Å². The monoisotopic (exact) mass is 360 g/mol. The first-order valence-corrected chi connectivity index (χ1v) is 8.93. The number of rotatable bonds is 8. The number of β-amino-alcohol motifs (C(OH)–C–C–N with tert-alkyl or cyclic N) is 1. The summed E-state index contributed by atoms with van der Waals surface area (Å²) in [5.74, 6) is 0.457. The number of carbonyl (C=O) groups excluding carboxylic acids is 3. The second-order valence-electron chi connectivity index (χ2n) is 7.09. The first kappa shape index (κ1) is 18.4. The Hall–Kier alpha value is -2.41. The molecule has 3 rings (SSSR count). The van der Waals surface area contributed by atoms with Gasteiger partial charge in [-0.3, -0.25) is 14.5 Å². The molecule has 0 bridgehead atoms. The molecular weight excluding hydrogens is 336 g/mol. The summed E-state index contributed by atoms with van der Waals surface area (Å²) in [5, 5.41) is 12.9. The number of amides is 3. The van der Waals surface area contributed by atoms with Gasteiger partial charge in [-0.25, -0.2) is 4.79 Å². The Morgan fingerprint density at radius 2 is 2.00 bits per heavy atom. The van der Waals surface area contributed by atoms with Crippen LogP contribution in [0.2, 0.25) is 0 Å². The fourth-order valence-corrected chi connectivity index (χ4v) is 3.22. The summed E-state index contributed by atoms with van der Waals surface area (Å²) in [6.45, 7) is 3.37. The van der Waals surface area contributed by atoms with E-state index < -0.39 is 17.7 Å². The van der Waals surface area contributed by atoms with E-state index in [4.69, 9.17) is 4.74 Å². The number of urea groups is 1. The summed E-state index contributed by atoms with van der Waals surface area (Å²) in [6, 6.07) is 6.20. The highest BCUT2D eigenvalue weighted by molar-refractivity contribution is 6.07. The van der Waals surface area contributed by atoms with Crippen LogP contribution < -0.4 is 10.1 Å². The van der Waals surface area contributed by atoms with Crippen LogP contribution in [-0.2, 0) is 4.79 Å². The molecule has 1 aromatic rings. The number of nitrogens with zero attached hydrogens (tertiary/aromatic N) is 1. The maximum atomic E-state index is 12.5. The molecule has 1 aliphatic heterocycles. The average Bonchev–Trinajstić information content (AvgIpc) is 3.46. The lowest BCUT2D eigenvalue weighted by Crippen LogP contribution is -2.46. The summed E-state index contributed by atoms with van der Waals surface area (Å²) < 4.78 is 5.50. The zero-order valence-electron chi connectivity index (χ0n) is 15.0. The largest absolute Gasteiger partial charge is 0.491 e. The number of benzene rings is 1. The van der Waals surface area contributed by atoms with Gasteiger partial charge >= 0.3 is 6.03 Å². The molecule has 0 aromatic heterocycles. The second kappa shape index (κ2) is 7.07. The fraction of sp³-hybridized carbons (Fsp3) is 0.526. The van der Waals surface area contributed by atoms with Gasteiger partial charge in [-0.1, -0.05) is 6.92 Å². The first-order chi connectivity index (χ1) is 12.3. The number of aliphatic hydroxyl groups is 1. The number of hydrogen-bond acceptors (Lipinski definition) is 5. The average molecular weight is 360 g/mol. The number of nitrogens with one attached hydrogen (secondary N) is 1. The standard InChI is InChI=1S/C19H24N2O5/c1-3-16(23)12-4-8-15(9-5-12)26-11-14(22)10-21-17(24)19(2,13-6-7-13)20-18(21)25/h4-5,8-9,13-14,22H,3,6-7,10-11H2,1-2H3,(H,20,25)/t14-,19-/m0/s1. The molecule has 1 saturated heterocycles. The van der Waals surface area contributed by atoms with Crippen molar-refractivity contribution in [1.82, 2.24) is 10.2 Å². The van der Waals surface area contributed by atoms with Crippen LogP contribution in [0.5, 0.6) is 5.75 Å². The number of hydrogen-bond donors (Lipinski definition) is 2. The Morgan fingerprint density at radius 3 is 2.58 bits per heavy atom. The van der Waals surface area contributed by atoms with Gasteiger partial charge in [0.25, 0.3) is 5.91 Å². The molecule has 2 atom stereocenters. The third kappa shape index (κ3) is 3.58. The lowest BCUT2D eigenvalue weighted by molar-refractivity contribution is -0.132. The predicted molar refractivity (Wildman–Crippen MR) is 93.9 cm³/mol. The summed E-state index contributed by atoms with van der Waals surface area (Å²) in [7, 11) is 0. The molecule has 1 aromatic carbocycles. The molecule has 140 valence electrons. The molecule has 0 radical (unpaired) electrons. The molecule has 7 heteroatoms. The molecular formula is C19H24N2O5. The number of aliphatic hydroxyl groups excluding tert-OH is 1. The minimum absolute atomic E-state index is 0.0499. The normalized spacial score (nSPS) is 23.7. The van der Waals surface area contributed by atoms with E-state index in [1.54, 1.807) is 38.1 Å². The molecule has 1 aliphatic carbocycles. The SMILES string of the molecule is CCC(=O)c1ccc(OC[C@@H](O)CN2C(=O)N[C@@](C)(C3CC3)C2=O)cc1. The molecule has 26 heavy (non-hydrogen) atoms. The van der Waals surface area contributed by atoms with Crippen LogP contribution in [-0.4, -0.2) is 52.5 Å². The zero-order valence-corrected chi connectivity index (χ0v) is 15.0. The molecule has 1 heterocycles. The van der Waals surface area contributed by atoms with Crippen LogP contribution in [0.4, 0.5) is 4.79 Å². The van der Waals surface area contributed by atoms with E-state index in [-0.39, 0.29) is 30.8 Å². The van der Waals surface area contributed by atoms with E-state index in [9.17, 15) is 19.5 Å². The number of carbonyl (C=O) groups is 3. The lowest BCUT2D eigenvalue weighted by Gasteiger charge is -2.22. The highest BCUT2D eigenvalue weighted by Gasteiger charge is 2.56. The van der Waals surface area contributed by atoms with Crippen molar-refractivity contribution in [2.45, 2.75) is 44.8 Å². The predicted octanol–water partition coefficient (Wildman–Crippen LogP) is 1.74. The fourth-order valence-electron chi connectivity index (χ4n) is 3.22. The third-order valence-electron chi connectivity index (χ3n) is 5.03. The molecule has 2 N–H and O–H groups in total. The number of imide groups is 1. The molecule has 2 aliphatic rings. The van der Waals surface area contributed by atoms with Crippen molar-refractivity contribution < 1.29 is 24.2 Å². The molecule has 0 unspecified atom stereocenters. The van der Waals surface area contributed by atoms with Crippen LogP contribution in [0.3, 0.4) is 0 Å². The van der Waals surface area contributed by atoms with Gasteiger partial charge in [0.15, 0.2) is 5.78 Å². The van der Waals surface area contributed by atoms with Gasteiger partial charge in [0.2, 0.25) is 0 Å². The Morgan fingerprint density at radius 1 is 1.35 bits per heavy atom. The van der Waals surface area contributed by atoms with Crippen LogP contribution in [0, 0.1) is 5.92 Å². The third-order valence-corrected chi connectivity index (χ3v) is 5.03. The molecule has 0 spiro atoms. The summed E-state index contributed by atoms with van der Waals surface area (Å²) in [4.78, 5) is 37.3. The topological polar surface area (TPSA) is 95.9 Å². The minimum atomic E-state index is -0.997. The number of ketones is 1. The van der Waals surface area contributed by atoms with Gasteiger partial charge in [-0.2, -0.15) is 0 Å². The quantitative estimate of drug-likeness (QED) is 0.544. The summed E-state index contributed by atoms with van der Waals surface area (Å²) in [5.41, 5.74) is -0.238. The minimum Gasteiger partial charge on any atom is -0.491 e. The van der Waals surface area contributed by atoms with Crippen LogP contribution >= 0.6 is 0 Å². The van der Waals surface area contributed by atoms with E-state index in [1.807, 2.05) is 0 Å². The van der Waals surface area contributed by atoms with Gasteiger partial charge < -0.3 is 15.2 Å². The van der Waals surface area contributed by atoms with Crippen molar-refractivity contribution in [3.05, 3.63) is 29.8 Å². The Bertz CT molecular complexity index is 713. The molecule has 2 fully saturated rings. The molecule has 1 saturated carbocycles. The smallest absolute Gasteiger partial charge is 0.325 e. The summed E-state index contributed by atoms with van der Waals surface area (Å²) >= 11 is 0. The van der Waals surface area contributed by atoms with Gasteiger partial charge in [0.05, 0.1) is 6.54 Å². The van der Waals surface area contributed by atoms with Crippen molar-refractivity contribution in [2.24, 2.45) is 5.92 Å². The Balaban J connectivity index is 1.52. The van der Waals surface area contributed by atoms with E-state index in [2.05, 4.69) is 5.32 Å². The first-order valence-electron chi connectivity index (χ1n) is 8.93. The maximum absolute atomic E-state index is 12.5. The maximum Gasteiger partial charge on any atom is 0.325 e. The van der Waals surface area contributed by atoms with Crippen LogP contribution in [0.15, 0.2) is 24.3 Å². The number of Topliss-reactive ketones (excluding diaryl/α,β-unsaturated/α-hetero) is 1. The Labute approximate surface area is 152 Å². The van der Waals surface area contributed by atoms with Crippen molar-refractivity contribution in [2.75, 3.05) is 13.2 Å². The van der Waals surface area contributed by atoms with Crippen molar-refractivity contribution in [1.29, 1.82) is 0 Å². The molecule has 3 amide bonds. The van der Waals surface area contributed by atoms with Gasteiger partial charge in [-0.15, -0.1) is 0 Å². The van der Waals surface area contributed by atoms with Crippen molar-refractivity contribution in [3.63, 3.8) is 0 Å². The number of ether oxygens (including phenoxy) is 1. The van der Waals surface area contributed by atoms with Crippen LogP contribution in [0.25, 0.3) is 0 Å². The van der Waals surface area contributed by atoms with E-state index >= 15 is 0 Å². The lowest BCUT2D eigenvalue weighted by atomic mass is 9.96. The van der Waals surface area contributed by atoms with E-state index in [1.165, 1.54) is 0 Å². The Kier molecular flexibility index (Phi) is 5.00. The van der Waals surface area contributed by atoms with E-state index in [0.29, 0.717) is 17.7 Å². The molecule has 7 nitrogen and oxygen atoms in total. The highest BCUT2D eigenvalue weighted by Crippen LogP contribution is 2.42. The second-order valence-corrected chi connectivity index (χ2v) is 7.09. The van der Waals surface area contributed by atoms with Crippen molar-refractivity contribution in [3.8, 4) is 5.75 Å². The zero-order chi connectivity index (χ0) is 18.9. The van der Waals surface area contributed by atoms with Gasteiger partial charge in [-0.05, 0) is 49.9 Å². The highest BCUT2D eigenvalue weighted by atomic mass is 16.5. The van der Waals surface area contributed by atoms with Crippen LogP contribution in [0.1, 0.15) is 43.5 Å². The van der Waals surface area contributed by atoms with E-state index in [0.717, 1.165) is 17.7 Å². The summed E-state index contributed by atoms with van der Waals surface area (Å²) in [6.07, 6.45) is 1.30.